The molecule has 6 aliphatic rings. The fourth-order valence-electron chi connectivity index (χ4n) is 7.43. The van der Waals surface area contributed by atoms with Gasteiger partial charge in [0, 0.05) is 5.54 Å². The standard InChI is InChI=1S/C23H32N2O5/c1-13(20(27)24-23-9-14-6-15(10-23)8-16(7-14)11-23)30-19(26)12-25-21(28)17-4-2-3-5-18(17)22(25)29/h13-18H,2-12H2,1H3,(H,24,27)/t13-,14?,15?,16?,17-,18+,23?/m0/s1. The Morgan fingerprint density at radius 3 is 2.00 bits per heavy atom. The van der Waals surface area contributed by atoms with Crippen molar-refractivity contribution in [2.24, 2.45) is 29.6 Å². The third-order valence-electron chi connectivity index (χ3n) is 8.32. The predicted molar refractivity (Wildman–Crippen MR) is 107 cm³/mol. The third kappa shape index (κ3) is 3.44. The van der Waals surface area contributed by atoms with E-state index < -0.39 is 12.1 Å². The summed E-state index contributed by atoms with van der Waals surface area (Å²) in [6, 6.07) is 0. The minimum Gasteiger partial charge on any atom is -0.451 e. The average molecular weight is 417 g/mol. The van der Waals surface area contributed by atoms with Gasteiger partial charge in [0.25, 0.3) is 5.91 Å². The van der Waals surface area contributed by atoms with Gasteiger partial charge in [0.1, 0.15) is 6.54 Å². The Balaban J connectivity index is 1.16. The summed E-state index contributed by atoms with van der Waals surface area (Å²) in [6.07, 6.45) is 9.36. The highest BCUT2D eigenvalue weighted by Gasteiger charge is 2.52. The predicted octanol–water partition coefficient (Wildman–Crippen LogP) is 2.18. The van der Waals surface area contributed by atoms with Gasteiger partial charge in [0.05, 0.1) is 11.8 Å². The molecule has 30 heavy (non-hydrogen) atoms. The van der Waals surface area contributed by atoms with E-state index in [1.54, 1.807) is 6.92 Å². The summed E-state index contributed by atoms with van der Waals surface area (Å²) in [5, 5.41) is 3.22. The van der Waals surface area contributed by atoms with Gasteiger partial charge in [-0.1, -0.05) is 12.8 Å². The number of nitrogens with zero attached hydrogens (tertiary/aromatic N) is 1. The molecule has 0 spiro atoms. The van der Waals surface area contributed by atoms with Crippen LogP contribution < -0.4 is 5.32 Å². The van der Waals surface area contributed by atoms with Crippen molar-refractivity contribution in [3.8, 4) is 0 Å². The molecule has 1 saturated heterocycles. The Kier molecular flexibility index (Phi) is 4.90. The van der Waals surface area contributed by atoms with Gasteiger partial charge in [-0.15, -0.1) is 0 Å². The molecule has 3 amide bonds. The average Bonchev–Trinajstić information content (AvgIpc) is 2.91. The Morgan fingerprint density at radius 1 is 1.00 bits per heavy atom. The van der Waals surface area contributed by atoms with Gasteiger partial charge in [0.15, 0.2) is 6.10 Å². The van der Waals surface area contributed by atoms with Gasteiger partial charge in [-0.25, -0.2) is 0 Å². The molecular formula is C23H32N2O5. The second-order valence-corrected chi connectivity index (χ2v) is 10.6. The maximum Gasteiger partial charge on any atom is 0.326 e. The van der Waals surface area contributed by atoms with Gasteiger partial charge < -0.3 is 10.1 Å². The molecule has 1 N–H and O–H groups in total. The number of likely N-dealkylation sites (tertiary alicyclic amines) is 1. The molecule has 0 aromatic rings. The first kappa shape index (κ1) is 20.0. The summed E-state index contributed by atoms with van der Waals surface area (Å²) >= 11 is 0. The Morgan fingerprint density at radius 2 is 1.50 bits per heavy atom. The lowest BCUT2D eigenvalue weighted by Gasteiger charge is -2.57. The lowest BCUT2D eigenvalue weighted by Crippen LogP contribution is -2.61. The molecule has 5 saturated carbocycles. The maximum atomic E-state index is 12.8. The first-order valence-corrected chi connectivity index (χ1v) is 11.7. The van der Waals surface area contributed by atoms with Crippen LogP contribution >= 0.6 is 0 Å². The van der Waals surface area contributed by atoms with Crippen LogP contribution in [-0.2, 0) is 23.9 Å². The number of rotatable bonds is 5. The second kappa shape index (κ2) is 7.34. The van der Waals surface area contributed by atoms with Gasteiger partial charge in [-0.2, -0.15) is 0 Å². The molecule has 0 radical (unpaired) electrons. The molecule has 4 bridgehead atoms. The zero-order valence-corrected chi connectivity index (χ0v) is 17.7. The highest BCUT2D eigenvalue weighted by molar-refractivity contribution is 6.07. The summed E-state index contributed by atoms with van der Waals surface area (Å²) in [4.78, 5) is 51.4. The SMILES string of the molecule is C[C@H](OC(=O)CN1C(=O)[C@H]2CCCC[C@H]2C1=O)C(=O)NC12CC3CC(CC(C3)C1)C2. The fourth-order valence-corrected chi connectivity index (χ4v) is 7.43. The summed E-state index contributed by atoms with van der Waals surface area (Å²) in [7, 11) is 0. The zero-order valence-electron chi connectivity index (χ0n) is 17.7. The van der Waals surface area contributed by atoms with E-state index in [1.807, 2.05) is 0 Å². The van der Waals surface area contributed by atoms with Crippen LogP contribution in [0.25, 0.3) is 0 Å². The molecule has 0 unspecified atom stereocenters. The Bertz CT molecular complexity index is 718. The molecule has 164 valence electrons. The monoisotopic (exact) mass is 416 g/mol. The summed E-state index contributed by atoms with van der Waals surface area (Å²) < 4.78 is 5.34. The summed E-state index contributed by atoms with van der Waals surface area (Å²) in [5.74, 6) is 0.105. The molecule has 0 aromatic carbocycles. The normalized spacial score (nSPS) is 40.3. The van der Waals surface area contributed by atoms with E-state index in [0.29, 0.717) is 30.6 Å². The first-order chi connectivity index (χ1) is 14.3. The van der Waals surface area contributed by atoms with Crippen LogP contribution in [0.15, 0.2) is 0 Å². The molecule has 7 heteroatoms. The van der Waals surface area contributed by atoms with E-state index in [4.69, 9.17) is 4.74 Å². The van der Waals surface area contributed by atoms with Gasteiger partial charge >= 0.3 is 5.97 Å². The molecule has 6 fully saturated rings. The van der Waals surface area contributed by atoms with Crippen LogP contribution in [0.5, 0.6) is 0 Å². The van der Waals surface area contributed by atoms with Crippen molar-refractivity contribution < 1.29 is 23.9 Å². The highest BCUT2D eigenvalue weighted by Crippen LogP contribution is 2.55. The molecule has 0 aromatic heterocycles. The van der Waals surface area contributed by atoms with Crippen molar-refractivity contribution >= 4 is 23.7 Å². The summed E-state index contributed by atoms with van der Waals surface area (Å²) in [6.45, 7) is 1.18. The minimum absolute atomic E-state index is 0.136. The molecule has 7 nitrogen and oxygen atoms in total. The maximum absolute atomic E-state index is 12.8. The number of esters is 1. The smallest absolute Gasteiger partial charge is 0.326 e. The number of nitrogens with one attached hydrogen (secondary N) is 1. The lowest BCUT2D eigenvalue weighted by atomic mass is 9.53. The van der Waals surface area contributed by atoms with E-state index in [2.05, 4.69) is 5.32 Å². The topological polar surface area (TPSA) is 92.8 Å². The number of fused-ring (bicyclic) bond motifs is 1. The number of hydrogen-bond acceptors (Lipinski definition) is 5. The van der Waals surface area contributed by atoms with E-state index in [1.165, 1.54) is 19.3 Å². The van der Waals surface area contributed by atoms with E-state index in [-0.39, 0.29) is 41.6 Å². The lowest BCUT2D eigenvalue weighted by molar-refractivity contribution is -0.160. The van der Waals surface area contributed by atoms with Crippen molar-refractivity contribution in [3.05, 3.63) is 0 Å². The van der Waals surface area contributed by atoms with Crippen molar-refractivity contribution in [1.29, 1.82) is 0 Å². The number of carbonyl (C=O) groups is 4. The molecule has 1 heterocycles. The Labute approximate surface area is 177 Å². The van der Waals surface area contributed by atoms with Crippen LogP contribution in [0.2, 0.25) is 0 Å². The molecule has 6 rings (SSSR count). The molecule has 1 aliphatic heterocycles. The largest absolute Gasteiger partial charge is 0.451 e. The zero-order chi connectivity index (χ0) is 21.0. The van der Waals surface area contributed by atoms with Crippen LogP contribution in [0.4, 0.5) is 0 Å². The quantitative estimate of drug-likeness (QED) is 0.548. The van der Waals surface area contributed by atoms with Crippen LogP contribution in [0.1, 0.15) is 71.1 Å². The van der Waals surface area contributed by atoms with Gasteiger partial charge in [-0.05, 0) is 76.0 Å². The van der Waals surface area contributed by atoms with E-state index >= 15 is 0 Å². The van der Waals surface area contributed by atoms with Crippen LogP contribution in [-0.4, -0.2) is 46.8 Å². The van der Waals surface area contributed by atoms with Gasteiger partial charge in [-0.3, -0.25) is 24.1 Å². The number of hydrogen-bond donors (Lipinski definition) is 1. The van der Waals surface area contributed by atoms with Crippen molar-refractivity contribution in [2.75, 3.05) is 6.54 Å². The van der Waals surface area contributed by atoms with Crippen molar-refractivity contribution in [2.45, 2.75) is 82.8 Å². The number of imide groups is 1. The Hall–Kier alpha value is -1.92. The molecule has 5 aliphatic carbocycles. The van der Waals surface area contributed by atoms with E-state index in [9.17, 15) is 19.2 Å². The fraction of sp³-hybridized carbons (Fsp3) is 0.826. The number of amides is 3. The highest BCUT2D eigenvalue weighted by atomic mass is 16.5. The van der Waals surface area contributed by atoms with E-state index in [0.717, 1.165) is 37.0 Å². The minimum atomic E-state index is -0.930. The van der Waals surface area contributed by atoms with Crippen LogP contribution in [0, 0.1) is 29.6 Å². The van der Waals surface area contributed by atoms with Crippen LogP contribution in [0.3, 0.4) is 0 Å². The summed E-state index contributed by atoms with van der Waals surface area (Å²) in [5.41, 5.74) is -0.136. The molecular weight excluding hydrogens is 384 g/mol. The molecule has 3 atom stereocenters. The van der Waals surface area contributed by atoms with Crippen molar-refractivity contribution in [1.82, 2.24) is 10.2 Å². The first-order valence-electron chi connectivity index (χ1n) is 11.7. The van der Waals surface area contributed by atoms with Gasteiger partial charge in [0.2, 0.25) is 11.8 Å². The van der Waals surface area contributed by atoms with Crippen molar-refractivity contribution in [3.63, 3.8) is 0 Å². The third-order valence-corrected chi connectivity index (χ3v) is 8.32. The number of carbonyl (C=O) groups excluding carboxylic acids is 4. The second-order valence-electron chi connectivity index (χ2n) is 10.6. The number of ether oxygens (including phenoxy) is 1.